The lowest BCUT2D eigenvalue weighted by molar-refractivity contribution is -0.144. The molecule has 0 spiro atoms. The van der Waals surface area contributed by atoms with Gasteiger partial charge >= 0.3 is 5.97 Å². The number of hydrogen-bond acceptors (Lipinski definition) is 5. The van der Waals surface area contributed by atoms with E-state index in [1.807, 2.05) is 6.92 Å². The number of hydrogen-bond donors (Lipinski definition) is 2. The third-order valence-corrected chi connectivity index (χ3v) is 3.21. The molecule has 2 amide bonds. The van der Waals surface area contributed by atoms with Crippen LogP contribution in [0.1, 0.15) is 28.7 Å². The van der Waals surface area contributed by atoms with Crippen molar-refractivity contribution in [2.45, 2.75) is 26.3 Å². The van der Waals surface area contributed by atoms with Crippen LogP contribution in [0.2, 0.25) is 0 Å². The van der Waals surface area contributed by atoms with Crippen molar-refractivity contribution >= 4 is 17.8 Å². The first-order chi connectivity index (χ1) is 9.45. The fourth-order valence-electron chi connectivity index (χ4n) is 2.15. The Morgan fingerprint density at radius 1 is 1.55 bits per heavy atom. The van der Waals surface area contributed by atoms with E-state index in [1.54, 1.807) is 6.92 Å². The minimum Gasteiger partial charge on any atom is -0.480 e. The SMILES string of the molecule is CCc1noc(C)c1C(=O)N1CC(=O)NCC1C(=O)O. The number of carbonyl (C=O) groups is 3. The zero-order chi connectivity index (χ0) is 14.9. The van der Waals surface area contributed by atoms with Gasteiger partial charge in [0.15, 0.2) is 0 Å². The molecule has 1 unspecified atom stereocenters. The van der Waals surface area contributed by atoms with Crippen molar-refractivity contribution in [3.05, 3.63) is 17.0 Å². The van der Waals surface area contributed by atoms with Gasteiger partial charge in [0.05, 0.1) is 5.69 Å². The quantitative estimate of drug-likeness (QED) is 0.777. The van der Waals surface area contributed by atoms with E-state index in [4.69, 9.17) is 9.63 Å². The molecule has 1 aromatic heterocycles. The van der Waals surface area contributed by atoms with E-state index >= 15 is 0 Å². The van der Waals surface area contributed by atoms with Crippen LogP contribution >= 0.6 is 0 Å². The Hall–Kier alpha value is -2.38. The Morgan fingerprint density at radius 3 is 2.85 bits per heavy atom. The van der Waals surface area contributed by atoms with Gasteiger partial charge in [0.2, 0.25) is 5.91 Å². The minimum absolute atomic E-state index is 0.105. The summed E-state index contributed by atoms with van der Waals surface area (Å²) in [5, 5.41) is 15.4. The predicted octanol–water partition coefficient (Wildman–Crippen LogP) is -0.429. The van der Waals surface area contributed by atoms with Gasteiger partial charge in [-0.2, -0.15) is 0 Å². The summed E-state index contributed by atoms with van der Waals surface area (Å²) in [6.07, 6.45) is 0.482. The van der Waals surface area contributed by atoms with Gasteiger partial charge in [-0.1, -0.05) is 12.1 Å². The van der Waals surface area contributed by atoms with Crippen molar-refractivity contribution in [1.29, 1.82) is 0 Å². The molecule has 1 aliphatic rings. The molecule has 2 rings (SSSR count). The van der Waals surface area contributed by atoms with Gasteiger partial charge in [0.25, 0.3) is 5.91 Å². The average molecular weight is 281 g/mol. The highest BCUT2D eigenvalue weighted by Gasteiger charge is 2.37. The van der Waals surface area contributed by atoms with Crippen LogP contribution in [0, 0.1) is 6.92 Å². The summed E-state index contributed by atoms with van der Waals surface area (Å²) in [5.74, 6) is -1.77. The molecule has 0 aromatic carbocycles. The lowest BCUT2D eigenvalue weighted by atomic mass is 10.1. The Morgan fingerprint density at radius 2 is 2.25 bits per heavy atom. The van der Waals surface area contributed by atoms with E-state index in [1.165, 1.54) is 0 Å². The maximum absolute atomic E-state index is 12.5. The van der Waals surface area contributed by atoms with Gasteiger partial charge in [-0.25, -0.2) is 4.79 Å². The summed E-state index contributed by atoms with van der Waals surface area (Å²) < 4.78 is 4.98. The van der Waals surface area contributed by atoms with Gasteiger partial charge in [-0.3, -0.25) is 9.59 Å². The normalized spacial score (nSPS) is 18.8. The summed E-state index contributed by atoms with van der Waals surface area (Å²) in [5.41, 5.74) is 0.705. The summed E-state index contributed by atoms with van der Waals surface area (Å²) in [6.45, 7) is 3.00. The second kappa shape index (κ2) is 5.32. The van der Waals surface area contributed by atoms with E-state index in [0.717, 1.165) is 4.90 Å². The van der Waals surface area contributed by atoms with Crippen molar-refractivity contribution in [3.8, 4) is 0 Å². The first-order valence-corrected chi connectivity index (χ1v) is 6.21. The largest absolute Gasteiger partial charge is 0.480 e. The van der Waals surface area contributed by atoms with E-state index < -0.39 is 17.9 Å². The summed E-state index contributed by atoms with van der Waals surface area (Å²) >= 11 is 0. The number of nitrogens with zero attached hydrogens (tertiary/aromatic N) is 2. The van der Waals surface area contributed by atoms with E-state index in [0.29, 0.717) is 17.9 Å². The predicted molar refractivity (Wildman–Crippen MR) is 66.1 cm³/mol. The molecule has 1 fully saturated rings. The molecule has 0 saturated carbocycles. The van der Waals surface area contributed by atoms with Crippen LogP contribution in [0.4, 0.5) is 0 Å². The molecule has 8 nitrogen and oxygen atoms in total. The number of aromatic nitrogens is 1. The second-order valence-electron chi connectivity index (χ2n) is 4.51. The Balaban J connectivity index is 2.36. The molecule has 20 heavy (non-hydrogen) atoms. The van der Waals surface area contributed by atoms with Crippen molar-refractivity contribution in [3.63, 3.8) is 0 Å². The fourth-order valence-corrected chi connectivity index (χ4v) is 2.15. The van der Waals surface area contributed by atoms with Gasteiger partial charge < -0.3 is 19.8 Å². The summed E-state index contributed by atoms with van der Waals surface area (Å²) in [4.78, 5) is 36.2. The van der Waals surface area contributed by atoms with E-state index in [-0.39, 0.29) is 24.6 Å². The minimum atomic E-state index is -1.16. The Labute approximate surface area is 114 Å². The number of aryl methyl sites for hydroxylation is 2. The van der Waals surface area contributed by atoms with Crippen LogP contribution in [-0.4, -0.2) is 52.1 Å². The van der Waals surface area contributed by atoms with E-state index in [9.17, 15) is 14.4 Å². The third kappa shape index (κ3) is 2.36. The number of piperazine rings is 1. The average Bonchev–Trinajstić information content (AvgIpc) is 2.78. The summed E-state index contributed by atoms with van der Waals surface area (Å²) in [7, 11) is 0. The molecule has 8 heteroatoms. The molecule has 2 heterocycles. The lowest BCUT2D eigenvalue weighted by Crippen LogP contribution is -2.59. The number of rotatable bonds is 3. The molecule has 1 aromatic rings. The van der Waals surface area contributed by atoms with Crippen molar-refractivity contribution in [1.82, 2.24) is 15.4 Å². The molecule has 108 valence electrons. The molecule has 1 aliphatic heterocycles. The van der Waals surface area contributed by atoms with Crippen LogP contribution in [0.5, 0.6) is 0 Å². The van der Waals surface area contributed by atoms with Gasteiger partial charge in [0.1, 0.15) is 23.9 Å². The smallest absolute Gasteiger partial charge is 0.328 e. The van der Waals surface area contributed by atoms with Crippen LogP contribution < -0.4 is 5.32 Å². The number of carboxylic acids is 1. The topological polar surface area (TPSA) is 113 Å². The van der Waals surface area contributed by atoms with Crippen LogP contribution in [0.3, 0.4) is 0 Å². The summed E-state index contributed by atoms with van der Waals surface area (Å²) in [6, 6.07) is -1.08. The fraction of sp³-hybridized carbons (Fsp3) is 0.500. The standard InChI is InChI=1S/C12H15N3O5/c1-3-7-10(6(2)20-14-7)11(17)15-5-9(16)13-4-8(15)12(18)19/h8H,3-5H2,1-2H3,(H,13,16)(H,18,19). The highest BCUT2D eigenvalue weighted by atomic mass is 16.5. The molecule has 0 aliphatic carbocycles. The highest BCUT2D eigenvalue weighted by molar-refractivity contribution is 6.01. The van der Waals surface area contributed by atoms with Gasteiger partial charge in [-0.05, 0) is 13.3 Å². The van der Waals surface area contributed by atoms with Crippen molar-refractivity contribution in [2.24, 2.45) is 0 Å². The maximum Gasteiger partial charge on any atom is 0.328 e. The lowest BCUT2D eigenvalue weighted by Gasteiger charge is -2.32. The number of carboxylic acid groups (broad SMARTS) is 1. The maximum atomic E-state index is 12.5. The highest BCUT2D eigenvalue weighted by Crippen LogP contribution is 2.19. The molecule has 0 bridgehead atoms. The van der Waals surface area contributed by atoms with Crippen molar-refractivity contribution in [2.75, 3.05) is 13.1 Å². The molecule has 0 radical (unpaired) electrons. The first-order valence-electron chi connectivity index (χ1n) is 6.21. The molecule has 2 N–H and O–H groups in total. The van der Waals surface area contributed by atoms with Gasteiger partial charge in [-0.15, -0.1) is 0 Å². The van der Waals surface area contributed by atoms with Gasteiger partial charge in [0, 0.05) is 6.54 Å². The monoisotopic (exact) mass is 281 g/mol. The van der Waals surface area contributed by atoms with Crippen molar-refractivity contribution < 1.29 is 24.0 Å². The molecule has 1 saturated heterocycles. The Kier molecular flexibility index (Phi) is 3.73. The van der Waals surface area contributed by atoms with Crippen LogP contribution in [0.25, 0.3) is 0 Å². The molecule has 1 atom stereocenters. The zero-order valence-electron chi connectivity index (χ0n) is 11.2. The molecular weight excluding hydrogens is 266 g/mol. The second-order valence-corrected chi connectivity index (χ2v) is 4.51. The van der Waals surface area contributed by atoms with Crippen LogP contribution in [-0.2, 0) is 16.0 Å². The van der Waals surface area contributed by atoms with Crippen LogP contribution in [0.15, 0.2) is 4.52 Å². The number of amides is 2. The number of aliphatic carboxylic acids is 1. The van der Waals surface area contributed by atoms with E-state index in [2.05, 4.69) is 10.5 Å². The number of carbonyl (C=O) groups excluding carboxylic acids is 2. The zero-order valence-corrected chi connectivity index (χ0v) is 11.2. The number of nitrogens with one attached hydrogen (secondary N) is 1. The third-order valence-electron chi connectivity index (χ3n) is 3.21. The Bertz CT molecular complexity index is 565. The molecular formula is C12H15N3O5. The first kappa shape index (κ1) is 14.0.